The van der Waals surface area contributed by atoms with E-state index in [0.717, 1.165) is 4.90 Å². The van der Waals surface area contributed by atoms with Crippen LogP contribution in [0.15, 0.2) is 12.2 Å². The lowest BCUT2D eigenvalue weighted by atomic mass is 9.85. The Morgan fingerprint density at radius 3 is 2.23 bits per heavy atom. The summed E-state index contributed by atoms with van der Waals surface area (Å²) in [7, 11) is 1.62. The van der Waals surface area contributed by atoms with Gasteiger partial charge in [0.1, 0.15) is 6.54 Å². The molecule has 2 aliphatic rings. The van der Waals surface area contributed by atoms with Crippen molar-refractivity contribution in [1.29, 1.82) is 0 Å². The molecule has 1 aliphatic carbocycles. The van der Waals surface area contributed by atoms with Crippen molar-refractivity contribution in [3.8, 4) is 0 Å². The number of rotatable bonds is 12. The molecule has 0 aromatic carbocycles. The molecular formula is C18H28N2O6. The molecule has 0 radical (unpaired) electrons. The van der Waals surface area contributed by atoms with Gasteiger partial charge in [-0.15, -0.1) is 0 Å². The van der Waals surface area contributed by atoms with E-state index in [1.165, 1.54) is 0 Å². The average Bonchev–Trinajstić information content (AvgIpc) is 2.88. The van der Waals surface area contributed by atoms with Gasteiger partial charge in [-0.1, -0.05) is 12.2 Å². The standard InChI is InChI=1S/C18H28N2O6/c1-24-9-10-26-12-11-25-8-4-7-19-16(21)13-20-17(22)14-5-2-3-6-15(14)18(20)23/h2-3,14-15H,4-13H2,1H3,(H,19,21). The number of hydrogen-bond acceptors (Lipinski definition) is 6. The van der Waals surface area contributed by atoms with E-state index in [0.29, 0.717) is 58.8 Å². The molecule has 0 aromatic rings. The molecule has 1 aliphatic heterocycles. The highest BCUT2D eigenvalue weighted by Gasteiger charge is 2.47. The third kappa shape index (κ3) is 5.89. The Hall–Kier alpha value is -1.77. The molecule has 2 unspecified atom stereocenters. The van der Waals surface area contributed by atoms with Crippen LogP contribution in [-0.4, -0.2) is 75.9 Å². The number of likely N-dealkylation sites (tertiary alicyclic amines) is 1. The number of hydrogen-bond donors (Lipinski definition) is 1. The van der Waals surface area contributed by atoms with Gasteiger partial charge in [-0.3, -0.25) is 19.3 Å². The predicted molar refractivity (Wildman–Crippen MR) is 93.2 cm³/mol. The second kappa shape index (κ2) is 11.1. The molecule has 1 N–H and O–H groups in total. The molecule has 8 heteroatoms. The van der Waals surface area contributed by atoms with E-state index < -0.39 is 0 Å². The second-order valence-electron chi connectivity index (χ2n) is 6.34. The van der Waals surface area contributed by atoms with Crippen LogP contribution in [0.1, 0.15) is 19.3 Å². The van der Waals surface area contributed by atoms with Crippen molar-refractivity contribution in [2.24, 2.45) is 11.8 Å². The fourth-order valence-electron chi connectivity index (χ4n) is 3.09. The number of methoxy groups -OCH3 is 1. The number of imide groups is 1. The lowest BCUT2D eigenvalue weighted by Gasteiger charge is -2.14. The lowest BCUT2D eigenvalue weighted by Crippen LogP contribution is -2.41. The monoisotopic (exact) mass is 368 g/mol. The molecule has 1 saturated heterocycles. The molecule has 0 aromatic heterocycles. The van der Waals surface area contributed by atoms with Crippen LogP contribution in [0, 0.1) is 11.8 Å². The second-order valence-corrected chi connectivity index (χ2v) is 6.34. The Morgan fingerprint density at radius 1 is 1.04 bits per heavy atom. The molecule has 146 valence electrons. The van der Waals surface area contributed by atoms with E-state index in [9.17, 15) is 14.4 Å². The smallest absolute Gasteiger partial charge is 0.240 e. The fraction of sp³-hybridized carbons (Fsp3) is 0.722. The van der Waals surface area contributed by atoms with Crippen LogP contribution in [0.4, 0.5) is 0 Å². The molecule has 1 fully saturated rings. The summed E-state index contributed by atoms with van der Waals surface area (Å²) in [5.41, 5.74) is 0. The molecule has 1 heterocycles. The van der Waals surface area contributed by atoms with Gasteiger partial charge in [-0.2, -0.15) is 0 Å². The van der Waals surface area contributed by atoms with Crippen molar-refractivity contribution in [3.63, 3.8) is 0 Å². The first-order valence-electron chi connectivity index (χ1n) is 9.06. The van der Waals surface area contributed by atoms with Gasteiger partial charge in [0.15, 0.2) is 0 Å². The molecular weight excluding hydrogens is 340 g/mol. The normalized spacial score (nSPS) is 22.0. The summed E-state index contributed by atoms with van der Waals surface area (Å²) < 4.78 is 15.5. The fourth-order valence-corrected chi connectivity index (χ4v) is 3.09. The van der Waals surface area contributed by atoms with Gasteiger partial charge >= 0.3 is 0 Å². The SMILES string of the molecule is COCCOCCOCCCNC(=O)CN1C(=O)C2CC=CCC2C1=O. The van der Waals surface area contributed by atoms with Crippen molar-refractivity contribution in [2.75, 3.05) is 53.2 Å². The zero-order chi connectivity index (χ0) is 18.8. The van der Waals surface area contributed by atoms with E-state index in [1.807, 2.05) is 12.2 Å². The molecule has 0 bridgehead atoms. The van der Waals surface area contributed by atoms with Crippen LogP contribution < -0.4 is 5.32 Å². The molecule has 0 saturated carbocycles. The third-order valence-corrected chi connectivity index (χ3v) is 4.49. The Bertz CT molecular complexity index is 496. The van der Waals surface area contributed by atoms with E-state index in [2.05, 4.69) is 5.32 Å². The van der Waals surface area contributed by atoms with Gasteiger partial charge in [0.05, 0.1) is 38.3 Å². The maximum Gasteiger partial charge on any atom is 0.240 e. The quantitative estimate of drug-likeness (QED) is 0.299. The van der Waals surface area contributed by atoms with Crippen molar-refractivity contribution in [1.82, 2.24) is 10.2 Å². The maximum atomic E-state index is 12.3. The van der Waals surface area contributed by atoms with Crippen molar-refractivity contribution < 1.29 is 28.6 Å². The van der Waals surface area contributed by atoms with Crippen LogP contribution in [0.25, 0.3) is 0 Å². The Morgan fingerprint density at radius 2 is 1.62 bits per heavy atom. The van der Waals surface area contributed by atoms with Crippen LogP contribution in [0.3, 0.4) is 0 Å². The Balaban J connectivity index is 1.54. The highest BCUT2D eigenvalue weighted by Crippen LogP contribution is 2.34. The van der Waals surface area contributed by atoms with Gasteiger partial charge in [0, 0.05) is 20.3 Å². The predicted octanol–water partition coefficient (Wildman–Crippen LogP) is 0.124. The van der Waals surface area contributed by atoms with Crippen molar-refractivity contribution in [3.05, 3.63) is 12.2 Å². The summed E-state index contributed by atoms with van der Waals surface area (Å²) in [4.78, 5) is 37.6. The highest BCUT2D eigenvalue weighted by atomic mass is 16.5. The summed E-state index contributed by atoms with van der Waals surface area (Å²) in [6, 6.07) is 0. The number of nitrogens with one attached hydrogen (secondary N) is 1. The average molecular weight is 368 g/mol. The Kier molecular flexibility index (Phi) is 8.73. The van der Waals surface area contributed by atoms with Gasteiger partial charge in [0.25, 0.3) is 0 Å². The van der Waals surface area contributed by atoms with Crippen molar-refractivity contribution in [2.45, 2.75) is 19.3 Å². The zero-order valence-electron chi connectivity index (χ0n) is 15.3. The summed E-state index contributed by atoms with van der Waals surface area (Å²) in [6.07, 6.45) is 5.68. The van der Waals surface area contributed by atoms with Crippen LogP contribution in [0.2, 0.25) is 0 Å². The summed E-state index contributed by atoms with van der Waals surface area (Å²) in [5, 5.41) is 2.72. The molecule has 0 spiro atoms. The van der Waals surface area contributed by atoms with Gasteiger partial charge in [-0.05, 0) is 19.3 Å². The topological polar surface area (TPSA) is 94.2 Å². The number of allylic oxidation sites excluding steroid dienone is 2. The molecule has 3 amide bonds. The van der Waals surface area contributed by atoms with E-state index in [-0.39, 0.29) is 36.1 Å². The summed E-state index contributed by atoms with van der Waals surface area (Å²) in [6.45, 7) is 2.85. The minimum absolute atomic E-state index is 0.196. The highest BCUT2D eigenvalue weighted by molar-refractivity contribution is 6.07. The number of ether oxygens (including phenoxy) is 3. The van der Waals surface area contributed by atoms with Gasteiger partial charge in [-0.25, -0.2) is 0 Å². The molecule has 26 heavy (non-hydrogen) atoms. The number of fused-ring (bicyclic) bond motifs is 1. The third-order valence-electron chi connectivity index (χ3n) is 4.49. The zero-order valence-corrected chi connectivity index (χ0v) is 15.3. The van der Waals surface area contributed by atoms with Crippen LogP contribution >= 0.6 is 0 Å². The molecule has 8 nitrogen and oxygen atoms in total. The van der Waals surface area contributed by atoms with E-state index in [1.54, 1.807) is 7.11 Å². The number of carbonyl (C=O) groups is 3. The first kappa shape index (κ1) is 20.5. The molecule has 2 rings (SSSR count). The largest absolute Gasteiger partial charge is 0.382 e. The first-order valence-corrected chi connectivity index (χ1v) is 9.06. The van der Waals surface area contributed by atoms with Crippen LogP contribution in [0.5, 0.6) is 0 Å². The minimum atomic E-state index is -0.318. The minimum Gasteiger partial charge on any atom is -0.382 e. The summed E-state index contributed by atoms with van der Waals surface area (Å²) in [5.74, 6) is -1.35. The number of amides is 3. The van der Waals surface area contributed by atoms with Gasteiger partial charge in [0.2, 0.25) is 17.7 Å². The van der Waals surface area contributed by atoms with E-state index in [4.69, 9.17) is 14.2 Å². The first-order chi connectivity index (χ1) is 12.6. The Labute approximate surface area is 153 Å². The lowest BCUT2D eigenvalue weighted by molar-refractivity contribution is -0.143. The van der Waals surface area contributed by atoms with Crippen LogP contribution in [-0.2, 0) is 28.6 Å². The van der Waals surface area contributed by atoms with Gasteiger partial charge < -0.3 is 19.5 Å². The maximum absolute atomic E-state index is 12.3. The summed E-state index contributed by atoms with van der Waals surface area (Å²) >= 11 is 0. The van der Waals surface area contributed by atoms with E-state index >= 15 is 0 Å². The number of nitrogens with zero attached hydrogens (tertiary/aromatic N) is 1. The van der Waals surface area contributed by atoms with Crippen molar-refractivity contribution >= 4 is 17.7 Å². The number of carbonyl (C=O) groups excluding carboxylic acids is 3. The molecule has 2 atom stereocenters.